The minimum atomic E-state index is -4.97. The van der Waals surface area contributed by atoms with Crippen molar-refractivity contribution in [2.24, 2.45) is 0 Å². The number of hydrogen-bond acceptors (Lipinski definition) is 5. The van der Waals surface area contributed by atoms with E-state index in [-0.39, 0.29) is 16.9 Å². The molecule has 0 aliphatic carbocycles. The lowest BCUT2D eigenvalue weighted by Crippen LogP contribution is -2.20. The van der Waals surface area contributed by atoms with Crippen molar-refractivity contribution in [2.45, 2.75) is 12.4 Å². The van der Waals surface area contributed by atoms with Crippen molar-refractivity contribution in [1.29, 1.82) is 0 Å². The van der Waals surface area contributed by atoms with E-state index < -0.39 is 35.1 Å². The zero-order valence-electron chi connectivity index (χ0n) is 15.5. The molecule has 3 aromatic rings. The molecule has 0 saturated carbocycles. The molecule has 0 fully saturated rings. The predicted octanol–water partition coefficient (Wildman–Crippen LogP) is 5.64. The van der Waals surface area contributed by atoms with Gasteiger partial charge in [0.1, 0.15) is 0 Å². The average molecular weight is 491 g/mol. The molecule has 0 unspecified atom stereocenters. The number of anilines is 3. The van der Waals surface area contributed by atoms with Crippen LogP contribution in [-0.2, 0) is 12.4 Å². The number of alkyl halides is 6. The number of benzene rings is 2. The number of rotatable bonds is 4. The second kappa shape index (κ2) is 9.08. The first-order chi connectivity index (χ1) is 14.9. The van der Waals surface area contributed by atoms with Gasteiger partial charge in [0.2, 0.25) is 0 Å². The Hall–Kier alpha value is -3.26. The third-order valence-electron chi connectivity index (χ3n) is 3.84. The number of aromatic nitrogens is 2. The molecular formula is C18H11F6N5OS2. The number of nitrogens with zero attached hydrogens (tertiary/aromatic N) is 2. The van der Waals surface area contributed by atoms with E-state index in [0.717, 1.165) is 11.5 Å². The maximum atomic E-state index is 13.0. The van der Waals surface area contributed by atoms with E-state index in [1.807, 2.05) is 0 Å². The zero-order chi connectivity index (χ0) is 23.5. The molecular weight excluding hydrogens is 480 g/mol. The Kier molecular flexibility index (Phi) is 6.64. The monoisotopic (exact) mass is 491 g/mol. The van der Waals surface area contributed by atoms with Gasteiger partial charge in [-0.1, -0.05) is 4.49 Å². The number of halogens is 6. The molecule has 1 amide bonds. The van der Waals surface area contributed by atoms with Gasteiger partial charge < -0.3 is 16.0 Å². The summed E-state index contributed by atoms with van der Waals surface area (Å²) in [5.74, 6) is -0.471. The number of hydrogen-bond donors (Lipinski definition) is 3. The fourth-order valence-corrected chi connectivity index (χ4v) is 3.09. The molecule has 14 heteroatoms. The van der Waals surface area contributed by atoms with Crippen LogP contribution in [0.3, 0.4) is 0 Å². The lowest BCUT2D eigenvalue weighted by Gasteiger charge is -2.16. The van der Waals surface area contributed by atoms with Crippen molar-refractivity contribution in [2.75, 3.05) is 16.0 Å². The summed E-state index contributed by atoms with van der Waals surface area (Å²) in [6, 6.07) is 7.08. The maximum Gasteiger partial charge on any atom is 0.416 e. The minimum Gasteiger partial charge on any atom is -0.332 e. The fourth-order valence-electron chi connectivity index (χ4n) is 2.42. The number of nitrogens with one attached hydrogen (secondary N) is 3. The summed E-state index contributed by atoms with van der Waals surface area (Å²) in [6.45, 7) is 0. The van der Waals surface area contributed by atoms with Gasteiger partial charge in [-0.25, -0.2) is 0 Å². The van der Waals surface area contributed by atoms with Crippen molar-refractivity contribution < 1.29 is 31.1 Å². The van der Waals surface area contributed by atoms with Crippen LogP contribution in [-0.4, -0.2) is 20.6 Å². The Balaban J connectivity index is 1.68. The fraction of sp³-hybridized carbons (Fsp3) is 0.111. The normalized spacial score (nSPS) is 11.7. The van der Waals surface area contributed by atoms with Gasteiger partial charge in [-0.15, -0.1) is 5.10 Å². The van der Waals surface area contributed by atoms with Crippen LogP contribution < -0.4 is 16.0 Å². The second-order valence-corrected chi connectivity index (χ2v) is 7.21. The highest BCUT2D eigenvalue weighted by atomic mass is 32.1. The lowest BCUT2D eigenvalue weighted by molar-refractivity contribution is -0.143. The first-order valence-corrected chi connectivity index (χ1v) is 9.72. The van der Waals surface area contributed by atoms with Gasteiger partial charge in [0, 0.05) is 22.4 Å². The van der Waals surface area contributed by atoms with Crippen molar-refractivity contribution in [1.82, 2.24) is 9.59 Å². The van der Waals surface area contributed by atoms with Crippen LogP contribution in [0.15, 0.2) is 47.8 Å². The van der Waals surface area contributed by atoms with Crippen LogP contribution >= 0.6 is 23.8 Å². The maximum absolute atomic E-state index is 13.0. The Labute approximate surface area is 185 Å². The summed E-state index contributed by atoms with van der Waals surface area (Å²) in [5.41, 5.74) is -2.48. The van der Waals surface area contributed by atoms with Crippen LogP contribution in [0.5, 0.6) is 0 Å². The molecule has 3 rings (SSSR count). The molecule has 0 aliphatic heterocycles. The van der Waals surface area contributed by atoms with E-state index in [9.17, 15) is 31.1 Å². The molecule has 6 nitrogen and oxygen atoms in total. The molecule has 1 heterocycles. The molecule has 0 saturated heterocycles. The smallest absolute Gasteiger partial charge is 0.332 e. The topological polar surface area (TPSA) is 78.9 Å². The quantitative estimate of drug-likeness (QED) is 0.324. The third-order valence-corrected chi connectivity index (χ3v) is 4.55. The van der Waals surface area contributed by atoms with Gasteiger partial charge in [-0.3, -0.25) is 4.79 Å². The molecule has 1 aromatic heterocycles. The molecule has 168 valence electrons. The van der Waals surface area contributed by atoms with Gasteiger partial charge >= 0.3 is 12.4 Å². The second-order valence-electron chi connectivity index (χ2n) is 6.20. The van der Waals surface area contributed by atoms with E-state index in [2.05, 4.69) is 25.5 Å². The Morgan fingerprint density at radius 1 is 0.812 bits per heavy atom. The number of thiocarbonyl (C=S) groups is 1. The molecule has 32 heavy (non-hydrogen) atoms. The van der Waals surface area contributed by atoms with Gasteiger partial charge in [-0.2, -0.15) is 26.3 Å². The standard InChI is InChI=1S/C18H11F6N5OS2/c19-17(20,21)9-5-10(18(22,23)24)7-13(6-9)27-16(31)26-12-3-1-11(2-4-12)25-15(30)14-8-32-29-28-14/h1-8H,(H,25,30)(H2,26,27,31). The SMILES string of the molecule is O=C(Nc1ccc(NC(=S)Nc2cc(C(F)(F)F)cc(C(F)(F)F)c2)cc1)c1csnn1. The molecule has 0 spiro atoms. The first-order valence-electron chi connectivity index (χ1n) is 8.48. The van der Waals surface area contributed by atoms with Crippen LogP contribution in [0.2, 0.25) is 0 Å². The summed E-state index contributed by atoms with van der Waals surface area (Å²) in [5, 5.41) is 12.4. The zero-order valence-corrected chi connectivity index (χ0v) is 17.1. The van der Waals surface area contributed by atoms with E-state index in [1.165, 1.54) is 29.6 Å². The van der Waals surface area contributed by atoms with Crippen molar-refractivity contribution in [3.05, 3.63) is 64.7 Å². The molecule has 0 bridgehead atoms. The van der Waals surface area contributed by atoms with Crippen LogP contribution in [0.1, 0.15) is 21.6 Å². The van der Waals surface area contributed by atoms with Gasteiger partial charge in [0.25, 0.3) is 5.91 Å². The molecule has 0 atom stereocenters. The Morgan fingerprint density at radius 3 is 1.78 bits per heavy atom. The highest BCUT2D eigenvalue weighted by molar-refractivity contribution is 7.80. The van der Waals surface area contributed by atoms with E-state index in [1.54, 1.807) is 0 Å². The van der Waals surface area contributed by atoms with Crippen molar-refractivity contribution in [3.63, 3.8) is 0 Å². The number of carbonyl (C=O) groups excluding carboxylic acids is 1. The van der Waals surface area contributed by atoms with E-state index >= 15 is 0 Å². The Bertz CT molecular complexity index is 1080. The molecule has 2 aromatic carbocycles. The van der Waals surface area contributed by atoms with Gasteiger partial charge in [0.05, 0.1) is 11.1 Å². The van der Waals surface area contributed by atoms with Gasteiger partial charge in [0.15, 0.2) is 10.8 Å². The molecule has 0 radical (unpaired) electrons. The predicted molar refractivity (Wildman–Crippen MR) is 111 cm³/mol. The summed E-state index contributed by atoms with van der Waals surface area (Å²) in [4.78, 5) is 11.9. The number of carbonyl (C=O) groups is 1. The molecule has 3 N–H and O–H groups in total. The van der Waals surface area contributed by atoms with Gasteiger partial charge in [-0.05, 0) is 66.2 Å². The van der Waals surface area contributed by atoms with Crippen molar-refractivity contribution >= 4 is 51.8 Å². The summed E-state index contributed by atoms with van der Waals surface area (Å²) in [7, 11) is 0. The third kappa shape index (κ3) is 6.13. The minimum absolute atomic E-state index is 0.0242. The summed E-state index contributed by atoms with van der Waals surface area (Å²) < 4.78 is 81.3. The van der Waals surface area contributed by atoms with Crippen LogP contribution in [0, 0.1) is 0 Å². The van der Waals surface area contributed by atoms with Crippen molar-refractivity contribution in [3.8, 4) is 0 Å². The highest BCUT2D eigenvalue weighted by Crippen LogP contribution is 2.37. The summed E-state index contributed by atoms with van der Waals surface area (Å²) in [6.07, 6.45) is -9.94. The number of amides is 1. The molecule has 0 aliphatic rings. The average Bonchev–Trinajstić information content (AvgIpc) is 3.23. The summed E-state index contributed by atoms with van der Waals surface area (Å²) >= 11 is 5.99. The van der Waals surface area contributed by atoms with E-state index in [0.29, 0.717) is 23.5 Å². The largest absolute Gasteiger partial charge is 0.416 e. The lowest BCUT2D eigenvalue weighted by atomic mass is 10.1. The van der Waals surface area contributed by atoms with Crippen LogP contribution in [0.25, 0.3) is 0 Å². The van der Waals surface area contributed by atoms with Crippen LogP contribution in [0.4, 0.5) is 43.4 Å². The highest BCUT2D eigenvalue weighted by Gasteiger charge is 2.37. The Morgan fingerprint density at radius 2 is 1.31 bits per heavy atom. The van der Waals surface area contributed by atoms with E-state index in [4.69, 9.17) is 12.2 Å². The first kappa shape index (κ1) is 23.4.